The summed E-state index contributed by atoms with van der Waals surface area (Å²) >= 11 is 0. The number of anilines is 1. The van der Waals surface area contributed by atoms with Gasteiger partial charge in [0.05, 0.1) is 6.54 Å². The summed E-state index contributed by atoms with van der Waals surface area (Å²) in [4.78, 5) is 30.7. The van der Waals surface area contributed by atoms with Crippen LogP contribution in [0.3, 0.4) is 0 Å². The van der Waals surface area contributed by atoms with Gasteiger partial charge in [0, 0.05) is 37.0 Å². The fourth-order valence-corrected chi connectivity index (χ4v) is 6.16. The number of hydrogen-bond acceptors (Lipinski definition) is 6. The van der Waals surface area contributed by atoms with Crippen LogP contribution < -0.4 is 18.9 Å². The van der Waals surface area contributed by atoms with E-state index in [2.05, 4.69) is 11.8 Å². The first kappa shape index (κ1) is 28.6. The molecule has 3 aromatic rings. The molecule has 0 bridgehead atoms. The predicted molar refractivity (Wildman–Crippen MR) is 156 cm³/mol. The highest BCUT2D eigenvalue weighted by Gasteiger charge is 2.43. The average molecular weight is 559 g/mol. The number of carbonyl (C=O) groups excluding carboxylic acids is 2. The molecular weight excluding hydrogens is 518 g/mol. The first-order valence-corrected chi connectivity index (χ1v) is 14.6. The minimum Gasteiger partial charge on any atom is -0.508 e. The molecule has 0 radical (unpaired) electrons. The lowest BCUT2D eigenvalue weighted by Gasteiger charge is -2.29. The summed E-state index contributed by atoms with van der Waals surface area (Å²) in [6, 6.07) is 17.1. The van der Waals surface area contributed by atoms with E-state index in [-0.39, 0.29) is 37.1 Å². The van der Waals surface area contributed by atoms with Gasteiger partial charge in [-0.1, -0.05) is 37.6 Å². The van der Waals surface area contributed by atoms with Gasteiger partial charge in [-0.25, -0.2) is 4.57 Å². The molecule has 2 aliphatic rings. The van der Waals surface area contributed by atoms with Gasteiger partial charge < -0.3 is 24.3 Å². The maximum Gasteiger partial charge on any atom is 0.241 e. The number of para-hydroxylation sites is 1. The van der Waals surface area contributed by atoms with Gasteiger partial charge in [0.15, 0.2) is 23.9 Å². The predicted octanol–water partition coefficient (Wildman–Crippen LogP) is 4.38. The number of pyridine rings is 1. The molecule has 8 heteroatoms. The van der Waals surface area contributed by atoms with Crippen LogP contribution in [0.25, 0.3) is 0 Å². The summed E-state index contributed by atoms with van der Waals surface area (Å²) in [6.45, 7) is 3.79. The Morgan fingerprint density at radius 2 is 1.95 bits per heavy atom. The molecule has 2 aliphatic heterocycles. The lowest BCUT2D eigenvalue weighted by Crippen LogP contribution is -2.44. The Morgan fingerprint density at radius 1 is 1.12 bits per heavy atom. The second kappa shape index (κ2) is 13.2. The summed E-state index contributed by atoms with van der Waals surface area (Å²) in [5.41, 5.74) is 2.79. The zero-order chi connectivity index (χ0) is 28.8. The number of unbranched alkanes of at least 4 members (excludes halogenated alkanes) is 1. The van der Waals surface area contributed by atoms with Gasteiger partial charge in [0.1, 0.15) is 24.8 Å². The second-order valence-electron chi connectivity index (χ2n) is 11.1. The van der Waals surface area contributed by atoms with Gasteiger partial charge >= 0.3 is 0 Å². The number of aryl methyl sites for hydroxylation is 2. The van der Waals surface area contributed by atoms with E-state index in [4.69, 9.17) is 9.47 Å². The number of aldehydes is 1. The highest BCUT2D eigenvalue weighted by molar-refractivity contribution is 5.94. The maximum absolute atomic E-state index is 13.9. The molecule has 3 heterocycles. The van der Waals surface area contributed by atoms with Crippen molar-refractivity contribution in [3.8, 4) is 17.2 Å². The topological polar surface area (TPSA) is 83.2 Å². The standard InChI is InChI=1S/C33H39N3O5/c1-3-4-17-36(26-11-8-16-34(2)19-26)33(39)21-35-20-27(25-14-15-31-32(18-25)41-23-40-31)28(22-37)29(35)12-7-10-24-9-5-6-13-30(24)38/h5-6,8-9,11,13-16,18-19,22,27-29H,3-4,7,10,12,17,20-21,23H2,1-2H3/p+1/t27-,28-,29+/m1/s1. The van der Waals surface area contributed by atoms with Crippen molar-refractivity contribution in [3.63, 3.8) is 0 Å². The van der Waals surface area contributed by atoms with E-state index in [1.165, 1.54) is 0 Å². The Bertz CT molecular complexity index is 1360. The van der Waals surface area contributed by atoms with Crippen molar-refractivity contribution in [2.24, 2.45) is 13.0 Å². The van der Waals surface area contributed by atoms with Crippen molar-refractivity contribution >= 4 is 17.9 Å². The van der Waals surface area contributed by atoms with Crippen LogP contribution >= 0.6 is 0 Å². The lowest BCUT2D eigenvalue weighted by molar-refractivity contribution is -0.670. The average Bonchev–Trinajstić information content (AvgIpc) is 3.58. The number of aromatic hydroxyl groups is 1. The summed E-state index contributed by atoms with van der Waals surface area (Å²) < 4.78 is 13.1. The molecular formula is C33H40N3O5+. The second-order valence-corrected chi connectivity index (χ2v) is 11.1. The van der Waals surface area contributed by atoms with E-state index in [0.717, 1.165) is 48.8 Å². The van der Waals surface area contributed by atoms with Gasteiger partial charge in [-0.05, 0) is 61.1 Å². The molecule has 0 unspecified atom stereocenters. The highest BCUT2D eigenvalue weighted by Crippen LogP contribution is 2.42. The number of benzene rings is 2. The Morgan fingerprint density at radius 3 is 2.73 bits per heavy atom. The quantitative estimate of drug-likeness (QED) is 0.262. The zero-order valence-electron chi connectivity index (χ0n) is 23.9. The molecule has 1 N–H and O–H groups in total. The number of phenols is 1. The molecule has 216 valence electrons. The van der Waals surface area contributed by atoms with E-state index in [9.17, 15) is 14.7 Å². The molecule has 2 aromatic carbocycles. The molecule has 1 saturated heterocycles. The van der Waals surface area contributed by atoms with Crippen LogP contribution in [0.4, 0.5) is 5.69 Å². The lowest BCUT2D eigenvalue weighted by atomic mass is 9.84. The number of phenolic OH excluding ortho intramolecular Hbond substituents is 1. The smallest absolute Gasteiger partial charge is 0.241 e. The normalized spacial score (nSPS) is 19.8. The molecule has 3 atom stereocenters. The van der Waals surface area contributed by atoms with Crippen molar-refractivity contribution < 1.29 is 28.7 Å². The fourth-order valence-electron chi connectivity index (χ4n) is 6.16. The Kier molecular flexibility index (Phi) is 9.19. The molecule has 1 amide bonds. The van der Waals surface area contributed by atoms with Crippen molar-refractivity contribution in [1.29, 1.82) is 0 Å². The summed E-state index contributed by atoms with van der Waals surface area (Å²) in [7, 11) is 1.96. The molecule has 41 heavy (non-hydrogen) atoms. The van der Waals surface area contributed by atoms with E-state index in [1.54, 1.807) is 6.07 Å². The van der Waals surface area contributed by atoms with Crippen LogP contribution in [-0.4, -0.2) is 54.7 Å². The number of carbonyl (C=O) groups is 2. The minimum atomic E-state index is -0.272. The first-order valence-electron chi connectivity index (χ1n) is 14.6. The monoisotopic (exact) mass is 558 g/mol. The largest absolute Gasteiger partial charge is 0.508 e. The van der Waals surface area contributed by atoms with E-state index < -0.39 is 0 Å². The Balaban J connectivity index is 1.39. The molecule has 8 nitrogen and oxygen atoms in total. The van der Waals surface area contributed by atoms with Crippen LogP contribution in [0.15, 0.2) is 67.0 Å². The van der Waals surface area contributed by atoms with E-state index in [1.807, 2.05) is 77.4 Å². The number of amides is 1. The maximum atomic E-state index is 13.9. The van der Waals surface area contributed by atoms with Crippen molar-refractivity contribution in [1.82, 2.24) is 4.90 Å². The van der Waals surface area contributed by atoms with E-state index >= 15 is 0 Å². The van der Waals surface area contributed by atoms with Crippen LogP contribution in [0.1, 0.15) is 49.7 Å². The number of rotatable bonds is 12. The third-order valence-corrected chi connectivity index (χ3v) is 8.34. The van der Waals surface area contributed by atoms with Crippen molar-refractivity contribution in [2.75, 3.05) is 31.3 Å². The fraction of sp³-hybridized carbons (Fsp3) is 0.424. The van der Waals surface area contributed by atoms with E-state index in [0.29, 0.717) is 36.8 Å². The Labute approximate surface area is 242 Å². The summed E-state index contributed by atoms with van der Waals surface area (Å²) in [5, 5.41) is 10.3. The number of ether oxygens (including phenoxy) is 2. The first-order chi connectivity index (χ1) is 20.0. The number of hydrogen-bond donors (Lipinski definition) is 1. The Hall–Kier alpha value is -3.91. The van der Waals surface area contributed by atoms with Crippen LogP contribution in [0.2, 0.25) is 0 Å². The van der Waals surface area contributed by atoms with Crippen LogP contribution in [-0.2, 0) is 23.1 Å². The number of aromatic nitrogens is 1. The highest BCUT2D eigenvalue weighted by atomic mass is 16.7. The van der Waals surface area contributed by atoms with Gasteiger partial charge in [-0.15, -0.1) is 0 Å². The summed E-state index contributed by atoms with van der Waals surface area (Å²) in [6.07, 6.45) is 9.12. The van der Waals surface area contributed by atoms with Gasteiger partial charge in [0.25, 0.3) is 0 Å². The van der Waals surface area contributed by atoms with Gasteiger partial charge in [-0.3, -0.25) is 9.69 Å². The molecule has 0 aliphatic carbocycles. The number of nitrogens with zero attached hydrogens (tertiary/aromatic N) is 3. The molecule has 0 spiro atoms. The minimum absolute atomic E-state index is 0.0336. The number of fused-ring (bicyclic) bond motifs is 1. The molecule has 1 fully saturated rings. The molecule has 5 rings (SSSR count). The third kappa shape index (κ3) is 6.54. The zero-order valence-corrected chi connectivity index (χ0v) is 23.9. The van der Waals surface area contributed by atoms with Crippen molar-refractivity contribution in [2.45, 2.75) is 51.0 Å². The van der Waals surface area contributed by atoms with Crippen molar-refractivity contribution in [3.05, 3.63) is 78.1 Å². The molecule has 0 saturated carbocycles. The van der Waals surface area contributed by atoms with Gasteiger partial charge in [-0.2, -0.15) is 0 Å². The van der Waals surface area contributed by atoms with Crippen LogP contribution in [0.5, 0.6) is 17.2 Å². The molecule has 1 aromatic heterocycles. The SMILES string of the molecule is CCCCN(C(=O)CN1C[C@H](c2ccc3c(c2)OCO3)[C@@H](C=O)[C@@H]1CCCc1ccccc1O)c1ccc[n+](C)c1. The van der Waals surface area contributed by atoms with Gasteiger partial charge in [0.2, 0.25) is 12.7 Å². The summed E-state index contributed by atoms with van der Waals surface area (Å²) in [5.74, 6) is 1.39. The number of likely N-dealkylation sites (tertiary alicyclic amines) is 1. The third-order valence-electron chi connectivity index (χ3n) is 8.34. The van der Waals surface area contributed by atoms with Crippen LogP contribution in [0, 0.1) is 5.92 Å².